The predicted molar refractivity (Wildman–Crippen MR) is 120 cm³/mol. The zero-order valence-corrected chi connectivity index (χ0v) is 19.2. The summed E-state index contributed by atoms with van der Waals surface area (Å²) >= 11 is 0. The summed E-state index contributed by atoms with van der Waals surface area (Å²) in [6.45, 7) is 3.78. The van der Waals surface area contributed by atoms with Gasteiger partial charge < -0.3 is 23.5 Å². The molecule has 0 fully saturated rings. The molecule has 0 N–H and O–H groups in total. The van der Waals surface area contributed by atoms with Crippen LogP contribution in [0, 0.1) is 19.7 Å². The number of aryl methyl sites for hydroxylation is 1. The van der Waals surface area contributed by atoms with Gasteiger partial charge in [-0.25, -0.2) is 9.18 Å². The van der Waals surface area contributed by atoms with E-state index >= 15 is 0 Å². The van der Waals surface area contributed by atoms with Gasteiger partial charge in [-0.3, -0.25) is 4.79 Å². The number of aromatic nitrogens is 1. The molecule has 0 saturated carbocycles. The maximum atomic E-state index is 13.2. The number of esters is 1. The smallest absolute Gasteiger partial charge is 0.338 e. The first-order valence-electron chi connectivity index (χ1n) is 10.2. The van der Waals surface area contributed by atoms with Gasteiger partial charge in [0.25, 0.3) is 0 Å². The number of hydrogen-bond donors (Lipinski definition) is 0. The van der Waals surface area contributed by atoms with Crippen molar-refractivity contribution in [3.8, 4) is 17.2 Å². The van der Waals surface area contributed by atoms with E-state index in [1.165, 1.54) is 45.6 Å². The molecule has 8 heteroatoms. The summed E-state index contributed by atoms with van der Waals surface area (Å²) in [5.74, 6) is -0.360. The fourth-order valence-electron chi connectivity index (χ4n) is 3.59. The molecule has 0 aliphatic carbocycles. The monoisotopic (exact) mass is 455 g/mol. The number of halogens is 1. The van der Waals surface area contributed by atoms with Crippen LogP contribution in [0.1, 0.15) is 37.7 Å². The first-order valence-corrected chi connectivity index (χ1v) is 10.2. The summed E-state index contributed by atoms with van der Waals surface area (Å²) in [7, 11) is 4.35. The van der Waals surface area contributed by atoms with Crippen LogP contribution in [0.5, 0.6) is 17.2 Å². The van der Waals surface area contributed by atoms with E-state index in [1.807, 2.05) is 18.4 Å². The van der Waals surface area contributed by atoms with Crippen molar-refractivity contribution in [1.29, 1.82) is 0 Å². The summed E-state index contributed by atoms with van der Waals surface area (Å²) in [6, 6.07) is 10.9. The Morgan fingerprint density at radius 2 is 1.52 bits per heavy atom. The van der Waals surface area contributed by atoms with Crippen LogP contribution in [0.3, 0.4) is 0 Å². The normalized spacial score (nSPS) is 10.6. The number of nitrogens with zero attached hydrogens (tertiary/aromatic N) is 1. The quantitative estimate of drug-likeness (QED) is 0.353. The number of rotatable bonds is 9. The van der Waals surface area contributed by atoms with Crippen LogP contribution in [0.2, 0.25) is 0 Å². The molecule has 0 aliphatic heterocycles. The Bertz CT molecular complexity index is 1140. The molecule has 1 heterocycles. The molecule has 3 aromatic rings. The molecular formula is C25H26FNO6. The Hall–Kier alpha value is -3.81. The van der Waals surface area contributed by atoms with Crippen LogP contribution in [0.25, 0.3) is 0 Å². The van der Waals surface area contributed by atoms with Gasteiger partial charge in [0.15, 0.2) is 18.1 Å². The van der Waals surface area contributed by atoms with Crippen LogP contribution in [0.15, 0.2) is 42.5 Å². The standard InChI is InChI=1S/C25H26FNO6/c1-15-10-20(16(2)27(15)13-17-6-8-19(26)9-7-17)21(28)14-33-25(29)18-11-22(30-3)24(32-5)23(12-18)31-4/h6-12H,13-14H2,1-5H3. The van der Waals surface area contributed by atoms with E-state index in [-0.39, 0.29) is 17.2 Å². The maximum Gasteiger partial charge on any atom is 0.338 e. The molecule has 0 aliphatic rings. The van der Waals surface area contributed by atoms with Crippen molar-refractivity contribution in [3.05, 3.63) is 76.4 Å². The Kier molecular flexibility index (Phi) is 7.37. The molecule has 33 heavy (non-hydrogen) atoms. The van der Waals surface area contributed by atoms with Crippen molar-refractivity contribution in [2.75, 3.05) is 27.9 Å². The number of Topliss-reactive ketones (excluding diaryl/α,β-unsaturated/α-hetero) is 1. The van der Waals surface area contributed by atoms with E-state index in [1.54, 1.807) is 18.2 Å². The lowest BCUT2D eigenvalue weighted by Crippen LogP contribution is -2.15. The number of methoxy groups -OCH3 is 3. The fourth-order valence-corrected chi connectivity index (χ4v) is 3.59. The van der Waals surface area contributed by atoms with E-state index < -0.39 is 12.6 Å². The molecule has 0 unspecified atom stereocenters. The van der Waals surface area contributed by atoms with Gasteiger partial charge in [-0.15, -0.1) is 0 Å². The number of carbonyl (C=O) groups excluding carboxylic acids is 2. The summed E-state index contributed by atoms with van der Waals surface area (Å²) in [4.78, 5) is 25.4. The zero-order chi connectivity index (χ0) is 24.1. The number of hydrogen-bond acceptors (Lipinski definition) is 6. The van der Waals surface area contributed by atoms with E-state index in [2.05, 4.69) is 0 Å². The van der Waals surface area contributed by atoms with Crippen LogP contribution < -0.4 is 14.2 Å². The molecule has 0 spiro atoms. The van der Waals surface area contributed by atoms with Crippen molar-refractivity contribution in [2.45, 2.75) is 20.4 Å². The zero-order valence-electron chi connectivity index (χ0n) is 19.2. The fraction of sp³-hybridized carbons (Fsp3) is 0.280. The first-order chi connectivity index (χ1) is 15.8. The minimum absolute atomic E-state index is 0.166. The van der Waals surface area contributed by atoms with Crippen LogP contribution in [0.4, 0.5) is 4.39 Å². The topological polar surface area (TPSA) is 76.0 Å². The highest BCUT2D eigenvalue weighted by atomic mass is 19.1. The average Bonchev–Trinajstić information content (AvgIpc) is 3.10. The van der Waals surface area contributed by atoms with Crippen LogP contribution in [-0.4, -0.2) is 44.3 Å². The second-order valence-corrected chi connectivity index (χ2v) is 7.41. The van der Waals surface area contributed by atoms with Crippen molar-refractivity contribution in [3.63, 3.8) is 0 Å². The van der Waals surface area contributed by atoms with Gasteiger partial charge in [0.05, 0.1) is 26.9 Å². The molecule has 0 amide bonds. The lowest BCUT2D eigenvalue weighted by molar-refractivity contribution is 0.0474. The van der Waals surface area contributed by atoms with Crippen molar-refractivity contribution >= 4 is 11.8 Å². The third-order valence-corrected chi connectivity index (χ3v) is 5.36. The second kappa shape index (κ2) is 10.2. The SMILES string of the molecule is COc1cc(C(=O)OCC(=O)c2cc(C)n(Cc3ccc(F)cc3)c2C)cc(OC)c1OC. The first kappa shape index (κ1) is 23.8. The number of carbonyl (C=O) groups is 2. The molecule has 1 aromatic heterocycles. The van der Waals surface area contributed by atoms with Gasteiger partial charge >= 0.3 is 5.97 Å². The highest BCUT2D eigenvalue weighted by Gasteiger charge is 2.21. The Morgan fingerprint density at radius 3 is 2.06 bits per heavy atom. The highest BCUT2D eigenvalue weighted by Crippen LogP contribution is 2.38. The van der Waals surface area contributed by atoms with Gasteiger partial charge in [0.2, 0.25) is 11.5 Å². The second-order valence-electron chi connectivity index (χ2n) is 7.41. The molecule has 2 aromatic carbocycles. The highest BCUT2D eigenvalue weighted by molar-refractivity contribution is 6.00. The Labute approximate surface area is 191 Å². The van der Waals surface area contributed by atoms with Gasteiger partial charge in [-0.2, -0.15) is 0 Å². The van der Waals surface area contributed by atoms with Gasteiger partial charge in [-0.05, 0) is 49.7 Å². The number of ketones is 1. The van der Waals surface area contributed by atoms with Crippen LogP contribution in [-0.2, 0) is 11.3 Å². The minimum atomic E-state index is -0.692. The third-order valence-electron chi connectivity index (χ3n) is 5.36. The summed E-state index contributed by atoms with van der Waals surface area (Å²) in [6.07, 6.45) is 0. The Morgan fingerprint density at radius 1 is 0.909 bits per heavy atom. The number of ether oxygens (including phenoxy) is 4. The van der Waals surface area contributed by atoms with Crippen molar-refractivity contribution in [2.24, 2.45) is 0 Å². The minimum Gasteiger partial charge on any atom is -0.493 e. The average molecular weight is 455 g/mol. The maximum absolute atomic E-state index is 13.2. The summed E-state index contributed by atoms with van der Waals surface area (Å²) < 4.78 is 36.1. The lowest BCUT2D eigenvalue weighted by Gasteiger charge is -2.13. The van der Waals surface area contributed by atoms with E-state index in [0.29, 0.717) is 29.4 Å². The molecule has 0 atom stereocenters. The summed E-state index contributed by atoms with van der Waals surface area (Å²) in [5.41, 5.74) is 3.15. The van der Waals surface area contributed by atoms with E-state index in [4.69, 9.17) is 18.9 Å². The third kappa shape index (κ3) is 5.16. The van der Waals surface area contributed by atoms with Gasteiger partial charge in [-0.1, -0.05) is 12.1 Å². The molecule has 174 valence electrons. The van der Waals surface area contributed by atoms with Crippen molar-refractivity contribution < 1.29 is 32.9 Å². The Balaban J connectivity index is 1.73. The molecular weight excluding hydrogens is 429 g/mol. The van der Waals surface area contributed by atoms with E-state index in [9.17, 15) is 14.0 Å². The van der Waals surface area contributed by atoms with E-state index in [0.717, 1.165) is 17.0 Å². The molecule has 0 saturated heterocycles. The molecule has 0 bridgehead atoms. The van der Waals surface area contributed by atoms with Crippen LogP contribution >= 0.6 is 0 Å². The summed E-state index contributed by atoms with van der Waals surface area (Å²) in [5, 5.41) is 0. The lowest BCUT2D eigenvalue weighted by atomic mass is 10.1. The van der Waals surface area contributed by atoms with Gasteiger partial charge in [0.1, 0.15) is 5.82 Å². The predicted octanol–water partition coefficient (Wildman–Crippen LogP) is 4.36. The molecule has 0 radical (unpaired) electrons. The molecule has 7 nitrogen and oxygen atoms in total. The molecule has 3 rings (SSSR count). The van der Waals surface area contributed by atoms with Crippen molar-refractivity contribution in [1.82, 2.24) is 4.57 Å². The van der Waals surface area contributed by atoms with Gasteiger partial charge in [0, 0.05) is 23.5 Å². The number of benzene rings is 2. The largest absolute Gasteiger partial charge is 0.493 e.